The normalized spacial score (nSPS) is 13.7. The second-order valence-electron chi connectivity index (χ2n) is 20.0. The van der Waals surface area contributed by atoms with Gasteiger partial charge in [-0.2, -0.15) is 0 Å². The van der Waals surface area contributed by atoms with Gasteiger partial charge in [-0.1, -0.05) is 186 Å². The Morgan fingerprint density at radius 1 is 0.257 bits per heavy atom. The molecule has 0 bridgehead atoms. The highest BCUT2D eigenvalue weighted by Gasteiger charge is 2.46. The summed E-state index contributed by atoms with van der Waals surface area (Å²) in [4.78, 5) is 10.3. The first kappa shape index (κ1) is 41.0. The molecule has 0 aliphatic carbocycles. The topological polar surface area (TPSA) is 16.3 Å². The van der Waals surface area contributed by atoms with Crippen molar-refractivity contribution < 1.29 is 0 Å². The van der Waals surface area contributed by atoms with Crippen LogP contribution in [0.1, 0.15) is 0 Å². The van der Waals surface area contributed by atoms with E-state index >= 15 is 0 Å². The standard InChI is InChI=1S/C66H40B2N4S2/c1-3-19-41(20-4-1)69-57-33-17-11-27-49(57)67-51-39-52-62(40-61(51)73-63-37-43(35-59(69)65(63)67)71-53-29-13-7-23-45(53)46-24-8-14-30-54(46)71)74-64-38-44(72-55-31-15-9-25-47(55)48-26-10-16-32-56(48)72)36-60-66(64)68(52)50-28-12-18-34-58(50)70(60)42-21-5-2-6-22-42/h1-40H. The van der Waals surface area contributed by atoms with Crippen molar-refractivity contribution in [2.24, 2.45) is 0 Å². The fourth-order valence-electron chi connectivity index (χ4n) is 13.2. The van der Waals surface area contributed by atoms with Crippen molar-refractivity contribution in [1.29, 1.82) is 0 Å². The fraction of sp³-hybridized carbons (Fsp3) is 0. The minimum Gasteiger partial charge on any atom is -0.311 e. The van der Waals surface area contributed by atoms with E-state index in [0.717, 1.165) is 11.4 Å². The second-order valence-corrected chi connectivity index (χ2v) is 22.1. The summed E-state index contributed by atoms with van der Waals surface area (Å²) >= 11 is 3.89. The van der Waals surface area contributed by atoms with Crippen LogP contribution in [0.25, 0.3) is 55.0 Å². The van der Waals surface area contributed by atoms with E-state index in [-0.39, 0.29) is 13.4 Å². The molecule has 4 aliphatic heterocycles. The molecule has 0 amide bonds. The van der Waals surface area contributed by atoms with Crippen LogP contribution < -0.4 is 42.6 Å². The Morgan fingerprint density at radius 2 is 0.608 bits per heavy atom. The summed E-state index contributed by atoms with van der Waals surface area (Å²) in [6, 6.07) is 90.9. The van der Waals surface area contributed by atoms with E-state index < -0.39 is 0 Å². The summed E-state index contributed by atoms with van der Waals surface area (Å²) in [7, 11) is 0. The zero-order chi connectivity index (χ0) is 48.2. The Kier molecular flexibility index (Phi) is 8.57. The van der Waals surface area contributed by atoms with E-state index in [4.69, 9.17) is 0 Å². The van der Waals surface area contributed by atoms with E-state index in [1.54, 1.807) is 0 Å². The summed E-state index contributed by atoms with van der Waals surface area (Å²) in [5.74, 6) is 0. The van der Waals surface area contributed by atoms with Gasteiger partial charge in [0.05, 0.1) is 22.1 Å². The molecule has 13 aromatic rings. The van der Waals surface area contributed by atoms with Gasteiger partial charge in [0.25, 0.3) is 0 Å². The second kappa shape index (κ2) is 15.5. The number of anilines is 6. The van der Waals surface area contributed by atoms with Crippen LogP contribution in [-0.4, -0.2) is 22.6 Å². The number of rotatable bonds is 4. The van der Waals surface area contributed by atoms with Gasteiger partial charge in [-0.3, -0.25) is 0 Å². The molecule has 11 aromatic carbocycles. The molecule has 4 aliphatic rings. The Morgan fingerprint density at radius 3 is 1.01 bits per heavy atom. The van der Waals surface area contributed by atoms with Gasteiger partial charge in [-0.25, -0.2) is 0 Å². The third-order valence-electron chi connectivity index (χ3n) is 16.2. The molecule has 0 atom stereocenters. The van der Waals surface area contributed by atoms with Crippen LogP contribution >= 0.6 is 23.5 Å². The maximum Gasteiger partial charge on any atom is 0.249 e. The number of nitrogens with zero attached hydrogens (tertiary/aromatic N) is 4. The lowest BCUT2D eigenvalue weighted by molar-refractivity contribution is 1.15. The van der Waals surface area contributed by atoms with Crippen molar-refractivity contribution in [3.63, 3.8) is 0 Å². The predicted octanol–water partition coefficient (Wildman–Crippen LogP) is 13.4. The predicted molar refractivity (Wildman–Crippen MR) is 315 cm³/mol. The largest absolute Gasteiger partial charge is 0.311 e. The Bertz CT molecular complexity index is 4150. The minimum absolute atomic E-state index is 0.0214. The highest BCUT2D eigenvalue weighted by atomic mass is 32.2. The van der Waals surface area contributed by atoms with Crippen LogP contribution in [0.5, 0.6) is 0 Å². The maximum atomic E-state index is 2.63. The van der Waals surface area contributed by atoms with Crippen LogP contribution in [-0.2, 0) is 0 Å². The zero-order valence-electron chi connectivity index (χ0n) is 39.9. The molecule has 0 unspecified atom stereocenters. The van der Waals surface area contributed by atoms with E-state index in [1.165, 1.54) is 130 Å². The summed E-state index contributed by atoms with van der Waals surface area (Å²) < 4.78 is 4.98. The number of para-hydroxylation sites is 8. The molecule has 6 heterocycles. The summed E-state index contributed by atoms with van der Waals surface area (Å²) in [6.07, 6.45) is 0. The summed E-state index contributed by atoms with van der Waals surface area (Å²) in [5, 5.41) is 5.06. The van der Waals surface area contributed by atoms with Crippen molar-refractivity contribution in [2.75, 3.05) is 9.80 Å². The molecule has 8 heteroatoms. The monoisotopic (exact) mass is 974 g/mol. The molecule has 74 heavy (non-hydrogen) atoms. The average Bonchev–Trinajstić information content (AvgIpc) is 4.01. The fourth-order valence-corrected chi connectivity index (χ4v) is 15.7. The van der Waals surface area contributed by atoms with Crippen LogP contribution in [0.15, 0.2) is 262 Å². The number of hydrogen-bond donors (Lipinski definition) is 0. The van der Waals surface area contributed by atoms with Crippen molar-refractivity contribution in [3.8, 4) is 11.4 Å². The molecule has 0 saturated carbocycles. The first-order valence-corrected chi connectivity index (χ1v) is 27.1. The molecular formula is C66H40B2N4S2. The molecule has 0 N–H and O–H groups in total. The van der Waals surface area contributed by atoms with Crippen LogP contribution in [0.3, 0.4) is 0 Å². The minimum atomic E-state index is 0.0214. The molecule has 0 spiro atoms. The molecule has 0 saturated heterocycles. The molecule has 4 nitrogen and oxygen atoms in total. The average molecular weight is 975 g/mol. The Balaban J connectivity index is 0.921. The van der Waals surface area contributed by atoms with Crippen LogP contribution in [0.4, 0.5) is 34.1 Å². The van der Waals surface area contributed by atoms with E-state index in [1.807, 2.05) is 23.5 Å². The maximum absolute atomic E-state index is 2.63. The lowest BCUT2D eigenvalue weighted by atomic mass is 9.32. The lowest BCUT2D eigenvalue weighted by Crippen LogP contribution is -2.63. The highest BCUT2D eigenvalue weighted by Crippen LogP contribution is 2.48. The van der Waals surface area contributed by atoms with Crippen molar-refractivity contribution in [3.05, 3.63) is 243 Å². The van der Waals surface area contributed by atoms with E-state index in [2.05, 4.69) is 262 Å². The first-order chi connectivity index (χ1) is 36.7. The quantitative estimate of drug-likeness (QED) is 0.163. The van der Waals surface area contributed by atoms with E-state index in [0.29, 0.717) is 0 Å². The van der Waals surface area contributed by atoms with Gasteiger partial charge in [0.1, 0.15) is 0 Å². The molecule has 2 aromatic heterocycles. The summed E-state index contributed by atoms with van der Waals surface area (Å²) in [5.41, 5.74) is 22.5. The molecule has 0 radical (unpaired) electrons. The van der Waals surface area contributed by atoms with Crippen LogP contribution in [0, 0.1) is 0 Å². The number of fused-ring (bicyclic) bond motifs is 14. The van der Waals surface area contributed by atoms with Gasteiger partial charge in [0, 0.05) is 86.6 Å². The summed E-state index contributed by atoms with van der Waals surface area (Å²) in [6.45, 7) is 0.0428. The van der Waals surface area contributed by atoms with Crippen molar-refractivity contribution in [2.45, 2.75) is 19.6 Å². The Hall–Kier alpha value is -8.55. The van der Waals surface area contributed by atoms with Crippen LogP contribution in [0.2, 0.25) is 0 Å². The Labute approximate surface area is 437 Å². The molecule has 342 valence electrons. The van der Waals surface area contributed by atoms with Gasteiger partial charge in [-0.15, -0.1) is 0 Å². The number of hydrogen-bond acceptors (Lipinski definition) is 4. The van der Waals surface area contributed by atoms with Gasteiger partial charge >= 0.3 is 0 Å². The molecule has 17 rings (SSSR count). The van der Waals surface area contributed by atoms with Gasteiger partial charge in [0.2, 0.25) is 13.4 Å². The smallest absolute Gasteiger partial charge is 0.249 e. The molecule has 0 fully saturated rings. The molecular weight excluding hydrogens is 935 g/mol. The zero-order valence-corrected chi connectivity index (χ0v) is 41.5. The SMILES string of the molecule is c1ccc(N2c3ccccc3B3c4cc5c(cc4Sc4cc(-n6c7ccccc7c7ccccc76)cc2c43)Sc2cc(-n3c4ccccc4c4ccccc43)cc3c2B5c2ccccc2N3c2ccccc2)cc1. The third-order valence-corrected chi connectivity index (χ3v) is 18.4. The van der Waals surface area contributed by atoms with E-state index in [9.17, 15) is 0 Å². The number of benzene rings is 11. The van der Waals surface area contributed by atoms with Gasteiger partial charge in [0.15, 0.2) is 0 Å². The number of aromatic nitrogens is 2. The lowest BCUT2D eigenvalue weighted by Gasteiger charge is -2.42. The van der Waals surface area contributed by atoms with Crippen molar-refractivity contribution >= 4 is 147 Å². The van der Waals surface area contributed by atoms with Gasteiger partial charge in [-0.05, 0) is 113 Å². The van der Waals surface area contributed by atoms with Gasteiger partial charge < -0.3 is 18.9 Å². The highest BCUT2D eigenvalue weighted by molar-refractivity contribution is 8.01. The van der Waals surface area contributed by atoms with Crippen molar-refractivity contribution in [1.82, 2.24) is 9.13 Å². The first-order valence-electron chi connectivity index (χ1n) is 25.5. The third kappa shape index (κ3) is 5.64.